The van der Waals surface area contributed by atoms with Gasteiger partial charge in [-0.3, -0.25) is 0 Å². The predicted octanol–water partition coefficient (Wildman–Crippen LogP) is 2.04. The number of carbonyl (C=O) groups excluding carboxylic acids is 1. The van der Waals surface area contributed by atoms with E-state index in [9.17, 15) is 9.90 Å². The third-order valence-electron chi connectivity index (χ3n) is 3.64. The molecule has 5 heteroatoms. The van der Waals surface area contributed by atoms with Gasteiger partial charge in [-0.15, -0.1) is 0 Å². The Balaban J connectivity index is 2.58. The molecule has 5 nitrogen and oxygen atoms in total. The molecule has 1 unspecified atom stereocenters. The summed E-state index contributed by atoms with van der Waals surface area (Å²) in [4.78, 5) is 11.9. The topological polar surface area (TPSA) is 70.6 Å². The fourth-order valence-corrected chi connectivity index (χ4v) is 2.42. The second-order valence-electron chi connectivity index (χ2n) is 7.18. The van der Waals surface area contributed by atoms with Crippen molar-refractivity contribution in [2.24, 2.45) is 5.92 Å². The molecule has 1 rings (SSSR count). The standard InChI is InChI=1S/C15H30N2O3/c1-11(2)12(17-13(18)20-14(3,4)5)10-15(19)6-8-16-9-7-15/h11-12,16,19H,6-10H2,1-5H3,(H,17,18). The van der Waals surface area contributed by atoms with Crippen LogP contribution in [0.5, 0.6) is 0 Å². The second kappa shape index (κ2) is 6.76. The molecule has 0 bridgehead atoms. The molecule has 0 radical (unpaired) electrons. The molecule has 3 N–H and O–H groups in total. The molecule has 1 saturated heterocycles. The number of nitrogens with one attached hydrogen (secondary N) is 2. The lowest BCUT2D eigenvalue weighted by Gasteiger charge is -2.37. The minimum Gasteiger partial charge on any atom is -0.444 e. The summed E-state index contributed by atoms with van der Waals surface area (Å²) >= 11 is 0. The minimum atomic E-state index is -0.685. The van der Waals surface area contributed by atoms with Gasteiger partial charge in [0.1, 0.15) is 5.60 Å². The van der Waals surface area contributed by atoms with Gasteiger partial charge in [-0.1, -0.05) is 13.8 Å². The summed E-state index contributed by atoms with van der Waals surface area (Å²) in [5.74, 6) is 0.251. The van der Waals surface area contributed by atoms with Crippen LogP contribution in [0.1, 0.15) is 53.9 Å². The number of hydrogen-bond acceptors (Lipinski definition) is 4. The first kappa shape index (κ1) is 17.2. The van der Waals surface area contributed by atoms with Crippen molar-refractivity contribution in [1.29, 1.82) is 0 Å². The van der Waals surface area contributed by atoms with Gasteiger partial charge in [-0.2, -0.15) is 0 Å². The zero-order valence-corrected chi connectivity index (χ0v) is 13.5. The van der Waals surface area contributed by atoms with Gasteiger partial charge in [0.05, 0.1) is 5.60 Å². The van der Waals surface area contributed by atoms with Crippen molar-refractivity contribution in [3.05, 3.63) is 0 Å². The van der Waals surface area contributed by atoms with Crippen molar-refractivity contribution < 1.29 is 14.6 Å². The second-order valence-corrected chi connectivity index (χ2v) is 7.18. The number of ether oxygens (including phenoxy) is 1. The summed E-state index contributed by atoms with van der Waals surface area (Å²) in [6, 6.07) is -0.0760. The van der Waals surface area contributed by atoms with Crippen LogP contribution in [0.4, 0.5) is 4.79 Å². The summed E-state index contributed by atoms with van der Waals surface area (Å²) in [6.07, 6.45) is 1.62. The van der Waals surface area contributed by atoms with E-state index >= 15 is 0 Å². The largest absolute Gasteiger partial charge is 0.444 e. The molecule has 1 heterocycles. The highest BCUT2D eigenvalue weighted by molar-refractivity contribution is 5.68. The minimum absolute atomic E-state index is 0.0760. The van der Waals surface area contributed by atoms with Gasteiger partial charge in [0.15, 0.2) is 0 Å². The van der Waals surface area contributed by atoms with Crippen LogP contribution in [0.25, 0.3) is 0 Å². The van der Waals surface area contributed by atoms with Crippen LogP contribution in [-0.4, -0.2) is 41.5 Å². The zero-order valence-electron chi connectivity index (χ0n) is 13.5. The van der Waals surface area contributed by atoms with Gasteiger partial charge >= 0.3 is 6.09 Å². The molecule has 1 atom stereocenters. The predicted molar refractivity (Wildman–Crippen MR) is 79.7 cm³/mol. The molecule has 0 aliphatic carbocycles. The van der Waals surface area contributed by atoms with Gasteiger partial charge in [-0.25, -0.2) is 4.79 Å². The van der Waals surface area contributed by atoms with Gasteiger partial charge in [0.25, 0.3) is 0 Å². The number of rotatable bonds is 4. The van der Waals surface area contributed by atoms with Crippen molar-refractivity contribution in [3.8, 4) is 0 Å². The average molecular weight is 286 g/mol. The Kier molecular flexibility index (Phi) is 5.83. The van der Waals surface area contributed by atoms with Crippen LogP contribution in [0, 0.1) is 5.92 Å². The van der Waals surface area contributed by atoms with Crippen molar-refractivity contribution >= 4 is 6.09 Å². The van der Waals surface area contributed by atoms with E-state index in [1.807, 2.05) is 34.6 Å². The van der Waals surface area contributed by atoms with Crippen LogP contribution < -0.4 is 10.6 Å². The summed E-state index contributed by atoms with van der Waals surface area (Å²) in [7, 11) is 0. The average Bonchev–Trinajstić information content (AvgIpc) is 2.25. The van der Waals surface area contributed by atoms with E-state index in [1.165, 1.54) is 0 Å². The van der Waals surface area contributed by atoms with Gasteiger partial charge in [0, 0.05) is 6.04 Å². The Labute approximate surface area is 122 Å². The van der Waals surface area contributed by atoms with Crippen LogP contribution in [0.3, 0.4) is 0 Å². The van der Waals surface area contributed by atoms with Crippen LogP contribution >= 0.6 is 0 Å². The van der Waals surface area contributed by atoms with E-state index in [4.69, 9.17) is 4.74 Å². The highest BCUT2D eigenvalue weighted by Gasteiger charge is 2.34. The molecule has 1 aliphatic rings. The molecule has 1 fully saturated rings. The Bertz CT molecular complexity index is 318. The third kappa shape index (κ3) is 6.09. The van der Waals surface area contributed by atoms with Crippen LogP contribution in [-0.2, 0) is 4.74 Å². The van der Waals surface area contributed by atoms with Crippen LogP contribution in [0.2, 0.25) is 0 Å². The first-order valence-electron chi connectivity index (χ1n) is 7.54. The van der Waals surface area contributed by atoms with Gasteiger partial charge in [0.2, 0.25) is 0 Å². The van der Waals surface area contributed by atoms with Crippen LogP contribution in [0.15, 0.2) is 0 Å². The lowest BCUT2D eigenvalue weighted by molar-refractivity contribution is -0.0125. The number of piperidine rings is 1. The summed E-state index contributed by atoms with van der Waals surface area (Å²) < 4.78 is 5.30. The maximum atomic E-state index is 11.9. The maximum Gasteiger partial charge on any atom is 0.407 e. The van der Waals surface area contributed by atoms with E-state index in [0.717, 1.165) is 25.9 Å². The highest BCUT2D eigenvalue weighted by Crippen LogP contribution is 2.26. The van der Waals surface area contributed by atoms with Crippen molar-refractivity contribution in [2.45, 2.75) is 71.1 Å². The molecular formula is C15H30N2O3. The first-order valence-corrected chi connectivity index (χ1v) is 7.54. The number of alkyl carbamates (subject to hydrolysis) is 1. The van der Waals surface area contributed by atoms with E-state index in [-0.39, 0.29) is 12.0 Å². The Morgan fingerprint density at radius 3 is 2.35 bits per heavy atom. The number of carbonyl (C=O) groups is 1. The molecule has 1 aliphatic heterocycles. The smallest absolute Gasteiger partial charge is 0.407 e. The normalized spacial score (nSPS) is 20.6. The van der Waals surface area contributed by atoms with E-state index in [0.29, 0.717) is 6.42 Å². The fraction of sp³-hybridized carbons (Fsp3) is 0.933. The molecule has 118 valence electrons. The van der Waals surface area contributed by atoms with Gasteiger partial charge in [-0.05, 0) is 59.0 Å². The molecule has 0 aromatic carbocycles. The van der Waals surface area contributed by atoms with Crippen molar-refractivity contribution in [2.75, 3.05) is 13.1 Å². The van der Waals surface area contributed by atoms with Crippen molar-refractivity contribution in [3.63, 3.8) is 0 Å². The monoisotopic (exact) mass is 286 g/mol. The molecule has 20 heavy (non-hydrogen) atoms. The summed E-state index contributed by atoms with van der Waals surface area (Å²) in [5.41, 5.74) is -1.19. The SMILES string of the molecule is CC(C)C(CC1(O)CCNCC1)NC(=O)OC(C)(C)C. The number of hydrogen-bond donors (Lipinski definition) is 3. The molecule has 0 saturated carbocycles. The fourth-order valence-electron chi connectivity index (χ4n) is 2.42. The Hall–Kier alpha value is -0.810. The number of amides is 1. The van der Waals surface area contributed by atoms with E-state index < -0.39 is 17.3 Å². The molecule has 1 amide bonds. The van der Waals surface area contributed by atoms with Gasteiger partial charge < -0.3 is 20.5 Å². The first-order chi connectivity index (χ1) is 9.11. The molecule has 0 aromatic rings. The third-order valence-corrected chi connectivity index (χ3v) is 3.64. The van der Waals surface area contributed by atoms with E-state index in [2.05, 4.69) is 10.6 Å². The number of aliphatic hydroxyl groups is 1. The van der Waals surface area contributed by atoms with Crippen molar-refractivity contribution in [1.82, 2.24) is 10.6 Å². The lowest BCUT2D eigenvalue weighted by Crippen LogP contribution is -2.50. The molecule has 0 spiro atoms. The highest BCUT2D eigenvalue weighted by atomic mass is 16.6. The maximum absolute atomic E-state index is 11.9. The Morgan fingerprint density at radius 1 is 1.35 bits per heavy atom. The molecule has 0 aromatic heterocycles. The van der Waals surface area contributed by atoms with E-state index in [1.54, 1.807) is 0 Å². The quantitative estimate of drug-likeness (QED) is 0.739. The summed E-state index contributed by atoms with van der Waals surface area (Å²) in [6.45, 7) is 11.3. The lowest BCUT2D eigenvalue weighted by atomic mass is 9.83. The zero-order chi connectivity index (χ0) is 15.4. The Morgan fingerprint density at radius 2 is 1.90 bits per heavy atom. The molecular weight excluding hydrogens is 256 g/mol. The summed E-state index contributed by atoms with van der Waals surface area (Å²) in [5, 5.41) is 16.8.